The molecule has 62 valence electrons. The lowest BCUT2D eigenvalue weighted by Crippen LogP contribution is -2.48. The molecule has 1 aromatic rings. The quantitative estimate of drug-likeness (QED) is 0.621. The average molecular weight is 160 g/mol. The Morgan fingerprint density at radius 3 is 2.42 bits per heavy atom. The fourth-order valence-corrected chi connectivity index (χ4v) is 1.99. The molecule has 1 aliphatic carbocycles. The Kier molecular flexibility index (Phi) is 1.08. The third-order valence-electron chi connectivity index (χ3n) is 3.04. The van der Waals surface area contributed by atoms with Crippen LogP contribution in [0, 0.1) is 5.41 Å². The van der Waals surface area contributed by atoms with Gasteiger partial charge in [-0.1, -0.05) is 0 Å². The van der Waals surface area contributed by atoms with Crippen molar-refractivity contribution in [1.82, 2.24) is 4.98 Å². The number of rotatable bonds is 1. The maximum absolute atomic E-state index is 4.01. The van der Waals surface area contributed by atoms with Crippen LogP contribution in [-0.4, -0.2) is 18.1 Å². The summed E-state index contributed by atoms with van der Waals surface area (Å²) in [7, 11) is 0. The van der Waals surface area contributed by atoms with Crippen LogP contribution in [0.1, 0.15) is 12.8 Å². The Bertz CT molecular complexity index is 282. The van der Waals surface area contributed by atoms with Gasteiger partial charge in [-0.2, -0.15) is 0 Å². The fraction of sp³-hybridized carbons (Fsp3) is 0.500. The second-order valence-electron chi connectivity index (χ2n) is 4.06. The van der Waals surface area contributed by atoms with Gasteiger partial charge in [-0.25, -0.2) is 0 Å². The van der Waals surface area contributed by atoms with E-state index in [1.165, 1.54) is 31.6 Å². The van der Waals surface area contributed by atoms with Gasteiger partial charge in [-0.15, -0.1) is 0 Å². The van der Waals surface area contributed by atoms with Crippen LogP contribution in [-0.2, 0) is 0 Å². The number of anilines is 1. The van der Waals surface area contributed by atoms with Crippen molar-refractivity contribution >= 4 is 5.69 Å². The second kappa shape index (κ2) is 2.00. The molecule has 0 aromatic carbocycles. The van der Waals surface area contributed by atoms with Gasteiger partial charge >= 0.3 is 0 Å². The Morgan fingerprint density at radius 1 is 1.17 bits per heavy atom. The zero-order valence-electron chi connectivity index (χ0n) is 7.03. The summed E-state index contributed by atoms with van der Waals surface area (Å²) in [5.74, 6) is 0. The van der Waals surface area contributed by atoms with E-state index < -0.39 is 0 Å². The van der Waals surface area contributed by atoms with Gasteiger partial charge in [-0.3, -0.25) is 4.98 Å². The summed E-state index contributed by atoms with van der Waals surface area (Å²) in [6.45, 7) is 2.55. The summed E-state index contributed by atoms with van der Waals surface area (Å²) in [6, 6.07) is 4.18. The van der Waals surface area contributed by atoms with Gasteiger partial charge in [0.05, 0.1) is 0 Å². The van der Waals surface area contributed by atoms with E-state index in [0.717, 1.165) is 5.41 Å². The molecule has 1 saturated heterocycles. The molecule has 2 aliphatic rings. The van der Waals surface area contributed by atoms with Gasteiger partial charge < -0.3 is 4.90 Å². The van der Waals surface area contributed by atoms with Gasteiger partial charge in [0, 0.05) is 36.6 Å². The molecule has 0 unspecified atom stereocenters. The van der Waals surface area contributed by atoms with Crippen LogP contribution in [0.3, 0.4) is 0 Å². The number of hydrogen-bond acceptors (Lipinski definition) is 2. The molecule has 3 rings (SSSR count). The lowest BCUT2D eigenvalue weighted by Gasteiger charge is -2.41. The van der Waals surface area contributed by atoms with E-state index >= 15 is 0 Å². The van der Waals surface area contributed by atoms with Crippen molar-refractivity contribution in [3.8, 4) is 0 Å². The molecule has 0 N–H and O–H groups in total. The Balaban J connectivity index is 1.76. The van der Waals surface area contributed by atoms with Gasteiger partial charge in [0.25, 0.3) is 0 Å². The zero-order valence-corrected chi connectivity index (χ0v) is 7.03. The molecule has 2 nitrogen and oxygen atoms in total. The maximum atomic E-state index is 4.01. The first-order valence-corrected chi connectivity index (χ1v) is 4.53. The molecule has 12 heavy (non-hydrogen) atoms. The first-order valence-electron chi connectivity index (χ1n) is 4.53. The number of aromatic nitrogens is 1. The Hall–Kier alpha value is -1.05. The topological polar surface area (TPSA) is 16.1 Å². The largest absolute Gasteiger partial charge is 0.370 e. The summed E-state index contributed by atoms with van der Waals surface area (Å²) in [6.07, 6.45) is 6.64. The SMILES string of the molecule is c1cc(N2CC3(CC3)C2)ccn1. The molecule has 0 radical (unpaired) electrons. The minimum Gasteiger partial charge on any atom is -0.370 e. The van der Waals surface area contributed by atoms with E-state index in [-0.39, 0.29) is 0 Å². The summed E-state index contributed by atoms with van der Waals surface area (Å²) in [5.41, 5.74) is 2.09. The smallest absolute Gasteiger partial charge is 0.0397 e. The van der Waals surface area contributed by atoms with Crippen molar-refractivity contribution in [3.05, 3.63) is 24.5 Å². The van der Waals surface area contributed by atoms with E-state index in [0.29, 0.717) is 0 Å². The molecule has 0 bridgehead atoms. The first kappa shape index (κ1) is 6.46. The normalized spacial score (nSPS) is 23.8. The molecule has 1 aromatic heterocycles. The average Bonchev–Trinajstić information content (AvgIpc) is 2.82. The van der Waals surface area contributed by atoms with Crippen LogP contribution in [0.25, 0.3) is 0 Å². The molecular weight excluding hydrogens is 148 g/mol. The van der Waals surface area contributed by atoms with Crippen molar-refractivity contribution in [1.29, 1.82) is 0 Å². The number of hydrogen-bond donors (Lipinski definition) is 0. The van der Waals surface area contributed by atoms with E-state index in [1.54, 1.807) is 0 Å². The lowest BCUT2D eigenvalue weighted by molar-refractivity contribution is 0.387. The third-order valence-corrected chi connectivity index (χ3v) is 3.04. The monoisotopic (exact) mass is 160 g/mol. The van der Waals surface area contributed by atoms with Crippen molar-refractivity contribution in [2.24, 2.45) is 5.41 Å². The number of nitrogens with zero attached hydrogens (tertiary/aromatic N) is 2. The molecular formula is C10H12N2. The molecule has 2 fully saturated rings. The molecule has 1 saturated carbocycles. The van der Waals surface area contributed by atoms with Crippen LogP contribution in [0.5, 0.6) is 0 Å². The predicted molar refractivity (Wildman–Crippen MR) is 48.1 cm³/mol. The van der Waals surface area contributed by atoms with Crippen LogP contribution >= 0.6 is 0 Å². The lowest BCUT2D eigenvalue weighted by atomic mass is 9.96. The van der Waals surface area contributed by atoms with Crippen molar-refractivity contribution in [2.45, 2.75) is 12.8 Å². The Morgan fingerprint density at radius 2 is 1.83 bits per heavy atom. The van der Waals surface area contributed by atoms with Gasteiger partial charge in [0.2, 0.25) is 0 Å². The standard InChI is InChI=1S/C10H12N2/c1-5-11-6-2-9(1)12-7-10(8-12)3-4-10/h1-2,5-6H,3-4,7-8H2. The summed E-state index contributed by atoms with van der Waals surface area (Å²) in [4.78, 5) is 6.45. The fourth-order valence-electron chi connectivity index (χ4n) is 1.99. The van der Waals surface area contributed by atoms with E-state index in [4.69, 9.17) is 0 Å². The van der Waals surface area contributed by atoms with Crippen LogP contribution in [0.15, 0.2) is 24.5 Å². The second-order valence-corrected chi connectivity index (χ2v) is 4.06. The van der Waals surface area contributed by atoms with Gasteiger partial charge in [0.1, 0.15) is 0 Å². The highest BCUT2D eigenvalue weighted by atomic mass is 15.2. The third kappa shape index (κ3) is 0.840. The summed E-state index contributed by atoms with van der Waals surface area (Å²) >= 11 is 0. The van der Waals surface area contributed by atoms with Gasteiger partial charge in [0.15, 0.2) is 0 Å². The van der Waals surface area contributed by atoms with Crippen LogP contribution in [0.4, 0.5) is 5.69 Å². The van der Waals surface area contributed by atoms with Crippen molar-refractivity contribution < 1.29 is 0 Å². The first-order chi connectivity index (χ1) is 5.88. The predicted octanol–water partition coefficient (Wildman–Crippen LogP) is 1.68. The van der Waals surface area contributed by atoms with E-state index in [1.807, 2.05) is 12.4 Å². The molecule has 0 amide bonds. The van der Waals surface area contributed by atoms with Gasteiger partial charge in [-0.05, 0) is 25.0 Å². The highest BCUT2D eigenvalue weighted by molar-refractivity contribution is 5.49. The number of pyridine rings is 1. The molecule has 2 heterocycles. The molecule has 1 spiro atoms. The van der Waals surface area contributed by atoms with E-state index in [2.05, 4.69) is 22.0 Å². The van der Waals surface area contributed by atoms with Crippen molar-refractivity contribution in [2.75, 3.05) is 18.0 Å². The Labute approximate surface area is 72.2 Å². The minimum absolute atomic E-state index is 0.753. The highest BCUT2D eigenvalue weighted by Crippen LogP contribution is 2.53. The van der Waals surface area contributed by atoms with Crippen LogP contribution < -0.4 is 4.90 Å². The molecule has 0 atom stereocenters. The minimum atomic E-state index is 0.753. The highest BCUT2D eigenvalue weighted by Gasteiger charge is 2.52. The maximum Gasteiger partial charge on any atom is 0.0397 e. The van der Waals surface area contributed by atoms with Crippen molar-refractivity contribution in [3.63, 3.8) is 0 Å². The van der Waals surface area contributed by atoms with Crippen LogP contribution in [0.2, 0.25) is 0 Å². The zero-order chi connectivity index (χ0) is 8.02. The molecule has 1 aliphatic heterocycles. The molecule has 2 heteroatoms. The van der Waals surface area contributed by atoms with E-state index in [9.17, 15) is 0 Å². The summed E-state index contributed by atoms with van der Waals surface area (Å²) in [5, 5.41) is 0. The summed E-state index contributed by atoms with van der Waals surface area (Å²) < 4.78 is 0.